The van der Waals surface area contributed by atoms with Crippen LogP contribution in [0.1, 0.15) is 68.8 Å². The number of rotatable bonds is 4. The van der Waals surface area contributed by atoms with Gasteiger partial charge in [0.05, 0.1) is 42.1 Å². The van der Waals surface area contributed by atoms with Crippen molar-refractivity contribution in [2.75, 3.05) is 7.11 Å². The van der Waals surface area contributed by atoms with E-state index in [9.17, 15) is 39.9 Å². The van der Waals surface area contributed by atoms with Gasteiger partial charge >= 0.3 is 5.97 Å². The molecule has 0 bridgehead atoms. The van der Waals surface area contributed by atoms with Gasteiger partial charge in [0.1, 0.15) is 17.2 Å². The number of ketones is 2. The molecule has 2 aromatic carbocycles. The number of carbonyl (C=O) groups is 3. The van der Waals surface area contributed by atoms with Gasteiger partial charge in [-0.15, -0.1) is 0 Å². The molecule has 6 atom stereocenters. The lowest BCUT2D eigenvalue weighted by atomic mass is 9.73. The van der Waals surface area contributed by atoms with Crippen LogP contribution in [-0.4, -0.2) is 80.3 Å². The van der Waals surface area contributed by atoms with E-state index < -0.39 is 89.2 Å². The van der Waals surface area contributed by atoms with E-state index in [-0.39, 0.29) is 34.4 Å². The van der Waals surface area contributed by atoms with Crippen LogP contribution in [0.25, 0.3) is 0 Å². The van der Waals surface area contributed by atoms with Gasteiger partial charge in [0.15, 0.2) is 17.7 Å². The summed E-state index contributed by atoms with van der Waals surface area (Å²) in [5, 5.41) is 53.5. The van der Waals surface area contributed by atoms with E-state index in [4.69, 9.17) is 19.9 Å². The molecule has 12 nitrogen and oxygen atoms in total. The van der Waals surface area contributed by atoms with Crippen molar-refractivity contribution in [2.45, 2.75) is 62.4 Å². The molecule has 38 heavy (non-hydrogen) atoms. The number of aromatic hydroxyl groups is 2. The first-order valence-electron chi connectivity index (χ1n) is 12.0. The molecule has 1 fully saturated rings. The van der Waals surface area contributed by atoms with Crippen LogP contribution in [0.4, 0.5) is 0 Å². The Hall–Kier alpha value is -3.55. The number of aliphatic hydroxyl groups is 2. The second kappa shape index (κ2) is 9.03. The molecule has 0 saturated carbocycles. The summed E-state index contributed by atoms with van der Waals surface area (Å²) in [6.07, 6.45) is -5.42. The third-order valence-corrected chi connectivity index (χ3v) is 7.54. The number of phenolic OH excluding ortho intramolecular Hbond substituents is 2. The van der Waals surface area contributed by atoms with Crippen LogP contribution < -0.4 is 10.5 Å². The topological polar surface area (TPSA) is 206 Å². The van der Waals surface area contributed by atoms with Crippen LogP contribution >= 0.6 is 0 Å². The fourth-order valence-corrected chi connectivity index (χ4v) is 5.55. The smallest absolute Gasteiger partial charge is 0.336 e. The third-order valence-electron chi connectivity index (χ3n) is 7.54. The number of carboxylic acids is 1. The van der Waals surface area contributed by atoms with Crippen LogP contribution in [0.5, 0.6) is 17.2 Å². The minimum absolute atomic E-state index is 0.00250. The molecule has 202 valence electrons. The van der Waals surface area contributed by atoms with Gasteiger partial charge in [-0.1, -0.05) is 12.1 Å². The quantitative estimate of drug-likeness (QED) is 0.256. The standard InChI is InChI=1S/C26H27NO11/c1-9-20(28)12(27)6-15(37-9)38-14-8-26(35,25(33)34)7-11-17(14)24(32)19-18(22(11)30)21(29)10-4-3-5-13(36-2)16(10)23(19)31/h3-5,9,12,14-15,20,28,30,32,35H,6-8,27H2,1-2H3,(H,33,34)/t9-,12-,14+,15+,20-,26+/m1/s1. The summed E-state index contributed by atoms with van der Waals surface area (Å²) in [6, 6.07) is 3.60. The number of carboxylic acid groups (broad SMARTS) is 1. The number of ether oxygens (including phenoxy) is 3. The summed E-state index contributed by atoms with van der Waals surface area (Å²) < 4.78 is 16.9. The van der Waals surface area contributed by atoms with Gasteiger partial charge in [0.25, 0.3) is 0 Å². The summed E-state index contributed by atoms with van der Waals surface area (Å²) in [4.78, 5) is 39.1. The van der Waals surface area contributed by atoms with Crippen molar-refractivity contribution in [3.8, 4) is 17.2 Å². The second-order valence-corrected chi connectivity index (χ2v) is 9.88. The molecule has 2 aliphatic carbocycles. The number of fused-ring (bicyclic) bond motifs is 3. The van der Waals surface area contributed by atoms with Crippen LogP contribution in [0, 0.1) is 0 Å². The molecule has 12 heteroatoms. The van der Waals surface area contributed by atoms with E-state index in [1.807, 2.05) is 0 Å². The van der Waals surface area contributed by atoms with E-state index >= 15 is 0 Å². The van der Waals surface area contributed by atoms with Gasteiger partial charge in [-0.05, 0) is 13.0 Å². The molecule has 0 spiro atoms. The minimum Gasteiger partial charge on any atom is -0.507 e. The van der Waals surface area contributed by atoms with Gasteiger partial charge in [-0.3, -0.25) is 9.59 Å². The molecule has 1 saturated heterocycles. The van der Waals surface area contributed by atoms with E-state index in [1.54, 1.807) is 6.92 Å². The van der Waals surface area contributed by atoms with E-state index in [0.717, 1.165) is 0 Å². The van der Waals surface area contributed by atoms with Crippen molar-refractivity contribution >= 4 is 17.5 Å². The zero-order valence-corrected chi connectivity index (χ0v) is 20.5. The highest BCUT2D eigenvalue weighted by molar-refractivity contribution is 6.31. The number of benzene rings is 2. The SMILES string of the molecule is COc1cccc2c1C(=O)c1c(O)c3c(c(O)c1C2=O)C[C@@](O)(C(=O)O)C[C@@H]3O[C@H]1C[C@@H](N)[C@H](O)[C@@H](C)O1. The highest BCUT2D eigenvalue weighted by Gasteiger charge is 2.50. The molecule has 1 heterocycles. The lowest BCUT2D eigenvalue weighted by molar-refractivity contribution is -0.248. The van der Waals surface area contributed by atoms with Crippen molar-refractivity contribution in [1.29, 1.82) is 0 Å². The number of carbonyl (C=O) groups excluding carboxylic acids is 2. The molecule has 5 rings (SSSR count). The summed E-state index contributed by atoms with van der Waals surface area (Å²) in [7, 11) is 1.32. The molecular formula is C26H27NO11. The summed E-state index contributed by atoms with van der Waals surface area (Å²) in [5.74, 6) is -4.52. The lowest BCUT2D eigenvalue weighted by Crippen LogP contribution is -2.52. The average Bonchev–Trinajstić information content (AvgIpc) is 2.87. The highest BCUT2D eigenvalue weighted by atomic mass is 16.7. The first-order valence-corrected chi connectivity index (χ1v) is 12.0. The predicted octanol–water partition coefficient (Wildman–Crippen LogP) is 0.524. The van der Waals surface area contributed by atoms with Crippen molar-refractivity contribution in [2.24, 2.45) is 5.73 Å². The Labute approximate surface area is 216 Å². The molecule has 0 radical (unpaired) electrons. The van der Waals surface area contributed by atoms with Crippen LogP contribution in [0.15, 0.2) is 18.2 Å². The van der Waals surface area contributed by atoms with Crippen LogP contribution in [-0.2, 0) is 20.7 Å². The fourth-order valence-electron chi connectivity index (χ4n) is 5.55. The average molecular weight is 529 g/mol. The summed E-state index contributed by atoms with van der Waals surface area (Å²) in [6.45, 7) is 1.57. The summed E-state index contributed by atoms with van der Waals surface area (Å²) >= 11 is 0. The Morgan fingerprint density at radius 3 is 2.45 bits per heavy atom. The van der Waals surface area contributed by atoms with Gasteiger partial charge in [-0.2, -0.15) is 0 Å². The van der Waals surface area contributed by atoms with Gasteiger partial charge in [0, 0.05) is 42.0 Å². The first-order chi connectivity index (χ1) is 17.9. The van der Waals surface area contributed by atoms with Gasteiger partial charge in [0.2, 0.25) is 5.78 Å². The van der Waals surface area contributed by atoms with Gasteiger partial charge in [-0.25, -0.2) is 4.79 Å². The van der Waals surface area contributed by atoms with Crippen molar-refractivity contribution in [1.82, 2.24) is 0 Å². The predicted molar refractivity (Wildman–Crippen MR) is 127 cm³/mol. The maximum atomic E-state index is 13.6. The third kappa shape index (κ3) is 3.76. The molecule has 7 N–H and O–H groups in total. The van der Waals surface area contributed by atoms with E-state index in [1.165, 1.54) is 25.3 Å². The molecule has 3 aliphatic rings. The fraction of sp³-hybridized carbons (Fsp3) is 0.423. The maximum absolute atomic E-state index is 13.6. The molecule has 0 aromatic heterocycles. The number of methoxy groups -OCH3 is 1. The van der Waals surface area contributed by atoms with Gasteiger partial charge < -0.3 is 45.5 Å². The molecule has 0 amide bonds. The Morgan fingerprint density at radius 2 is 1.82 bits per heavy atom. The maximum Gasteiger partial charge on any atom is 0.336 e. The largest absolute Gasteiger partial charge is 0.507 e. The number of hydrogen-bond donors (Lipinski definition) is 6. The molecule has 1 aliphatic heterocycles. The number of aliphatic carboxylic acids is 1. The Bertz CT molecular complexity index is 1360. The Morgan fingerprint density at radius 1 is 1.13 bits per heavy atom. The van der Waals surface area contributed by atoms with E-state index in [0.29, 0.717) is 0 Å². The van der Waals surface area contributed by atoms with Crippen molar-refractivity contribution in [3.05, 3.63) is 51.6 Å². The number of nitrogens with two attached hydrogens (primary N) is 1. The highest BCUT2D eigenvalue weighted by Crippen LogP contribution is 2.52. The molecule has 2 aromatic rings. The Balaban J connectivity index is 1.68. The zero-order valence-electron chi connectivity index (χ0n) is 20.5. The summed E-state index contributed by atoms with van der Waals surface area (Å²) in [5.41, 5.74) is 1.98. The number of phenols is 2. The number of aliphatic hydroxyl groups excluding tert-OH is 1. The molecular weight excluding hydrogens is 502 g/mol. The zero-order chi connectivity index (χ0) is 27.7. The van der Waals surface area contributed by atoms with Crippen LogP contribution in [0.3, 0.4) is 0 Å². The Kier molecular flexibility index (Phi) is 6.20. The molecule has 0 unspecified atom stereocenters. The number of hydrogen-bond acceptors (Lipinski definition) is 11. The second-order valence-electron chi connectivity index (χ2n) is 9.88. The van der Waals surface area contributed by atoms with Crippen molar-refractivity contribution in [3.63, 3.8) is 0 Å². The van der Waals surface area contributed by atoms with E-state index in [2.05, 4.69) is 0 Å². The minimum atomic E-state index is -2.44. The van der Waals surface area contributed by atoms with Crippen molar-refractivity contribution < 1.29 is 54.1 Å². The normalized spacial score (nSPS) is 30.3. The lowest BCUT2D eigenvalue weighted by Gasteiger charge is -2.41. The monoisotopic (exact) mass is 529 g/mol. The first kappa shape index (κ1) is 26.1. The van der Waals surface area contributed by atoms with Crippen LogP contribution in [0.2, 0.25) is 0 Å².